The minimum Gasteiger partial charge on any atom is -0.477 e. The van der Waals surface area contributed by atoms with Crippen LogP contribution in [0.25, 0.3) is 17.2 Å². The molecule has 10 nitrogen and oxygen atoms in total. The molecule has 0 saturated carbocycles. The molecule has 2 aliphatic heterocycles. The van der Waals surface area contributed by atoms with Gasteiger partial charge in [0.2, 0.25) is 5.88 Å². The highest BCUT2D eigenvalue weighted by molar-refractivity contribution is 5.88. The monoisotopic (exact) mass is 554 g/mol. The van der Waals surface area contributed by atoms with Crippen molar-refractivity contribution >= 4 is 29.0 Å². The Hall–Kier alpha value is -4.82. The Morgan fingerprint density at radius 3 is 2.71 bits per heavy atom. The average molecular weight is 555 g/mol. The van der Waals surface area contributed by atoms with Gasteiger partial charge in [0.05, 0.1) is 24.3 Å². The second kappa shape index (κ2) is 11.3. The Labute approximate surface area is 235 Å². The standard InChI is InChI=1S/C30H27FN6O4/c31-23-14-20(16-32)4-5-21(23)18-41-28-3-1-2-26(35-28)36-11-8-19(9-12-36)15-27-33-24-6-7-25(30(38)39)34-29(24)37(27)17-22-10-13-40-22/h1-7,14-15,22H,8-13,17-18H2,(H,38,39). The summed E-state index contributed by atoms with van der Waals surface area (Å²) in [6, 6.07) is 14.9. The molecule has 2 fully saturated rings. The topological polar surface area (TPSA) is 126 Å². The second-order valence-corrected chi connectivity index (χ2v) is 10.0. The number of rotatable bonds is 8. The van der Waals surface area contributed by atoms with Crippen LogP contribution in [0.5, 0.6) is 5.88 Å². The molecule has 41 heavy (non-hydrogen) atoms. The van der Waals surface area contributed by atoms with Crippen LogP contribution < -0.4 is 9.64 Å². The third-order valence-corrected chi connectivity index (χ3v) is 7.35. The molecule has 2 saturated heterocycles. The number of ether oxygens (including phenoxy) is 2. The Bertz CT molecular complexity index is 1680. The molecule has 1 N–H and O–H groups in total. The molecule has 2 aliphatic rings. The molecule has 1 unspecified atom stereocenters. The number of halogens is 1. The van der Waals surface area contributed by atoms with Gasteiger partial charge in [0.1, 0.15) is 29.6 Å². The lowest BCUT2D eigenvalue weighted by Crippen LogP contribution is -2.32. The molecule has 6 rings (SSSR count). The van der Waals surface area contributed by atoms with E-state index in [2.05, 4.69) is 20.9 Å². The van der Waals surface area contributed by atoms with Gasteiger partial charge in [0.25, 0.3) is 0 Å². The van der Waals surface area contributed by atoms with Crippen molar-refractivity contribution in [2.45, 2.75) is 38.5 Å². The Kier molecular flexibility index (Phi) is 7.31. The average Bonchev–Trinajstić information content (AvgIpc) is 3.30. The number of carboxylic acid groups (broad SMARTS) is 1. The second-order valence-electron chi connectivity index (χ2n) is 10.0. The highest BCUT2D eigenvalue weighted by atomic mass is 19.1. The first-order valence-corrected chi connectivity index (χ1v) is 13.4. The summed E-state index contributed by atoms with van der Waals surface area (Å²) in [6.07, 6.45) is 4.70. The van der Waals surface area contributed by atoms with Crippen LogP contribution >= 0.6 is 0 Å². The molecule has 0 spiro atoms. The molecule has 1 aromatic carbocycles. The van der Waals surface area contributed by atoms with Gasteiger partial charge in [-0.3, -0.25) is 0 Å². The van der Waals surface area contributed by atoms with Crippen LogP contribution in [0.3, 0.4) is 0 Å². The third kappa shape index (κ3) is 5.73. The van der Waals surface area contributed by atoms with E-state index in [4.69, 9.17) is 19.7 Å². The molecule has 3 aromatic heterocycles. The Morgan fingerprint density at radius 2 is 2.00 bits per heavy atom. The van der Waals surface area contributed by atoms with E-state index < -0.39 is 11.8 Å². The van der Waals surface area contributed by atoms with Gasteiger partial charge in [-0.2, -0.15) is 10.2 Å². The van der Waals surface area contributed by atoms with Gasteiger partial charge in [-0.15, -0.1) is 0 Å². The van der Waals surface area contributed by atoms with Crippen LogP contribution in [-0.4, -0.2) is 56.4 Å². The summed E-state index contributed by atoms with van der Waals surface area (Å²) in [5.41, 5.74) is 3.04. The van der Waals surface area contributed by atoms with E-state index in [1.807, 2.05) is 22.8 Å². The van der Waals surface area contributed by atoms with Gasteiger partial charge in [0, 0.05) is 31.3 Å². The highest BCUT2D eigenvalue weighted by Crippen LogP contribution is 2.27. The number of nitrogens with zero attached hydrogens (tertiary/aromatic N) is 6. The summed E-state index contributed by atoms with van der Waals surface area (Å²) in [5, 5.41) is 18.3. The van der Waals surface area contributed by atoms with Crippen LogP contribution in [0.15, 0.2) is 54.1 Å². The summed E-state index contributed by atoms with van der Waals surface area (Å²) in [4.78, 5) is 27.4. The summed E-state index contributed by atoms with van der Waals surface area (Å²) < 4.78 is 27.6. The number of aromatic carboxylic acids is 1. The third-order valence-electron chi connectivity index (χ3n) is 7.35. The summed E-state index contributed by atoms with van der Waals surface area (Å²) in [7, 11) is 0. The van der Waals surface area contributed by atoms with Gasteiger partial charge in [-0.25, -0.2) is 19.2 Å². The number of carboxylic acids is 1. The maximum atomic E-state index is 14.2. The van der Waals surface area contributed by atoms with E-state index in [-0.39, 0.29) is 24.0 Å². The molecule has 0 bridgehead atoms. The van der Waals surface area contributed by atoms with E-state index in [9.17, 15) is 14.3 Å². The zero-order chi connectivity index (χ0) is 28.3. The first-order chi connectivity index (χ1) is 20.0. The summed E-state index contributed by atoms with van der Waals surface area (Å²) >= 11 is 0. The summed E-state index contributed by atoms with van der Waals surface area (Å²) in [6.45, 7) is 2.81. The fourth-order valence-electron chi connectivity index (χ4n) is 4.96. The normalized spacial score (nSPS) is 16.7. The first-order valence-electron chi connectivity index (χ1n) is 13.4. The molecule has 5 heterocycles. The van der Waals surface area contributed by atoms with E-state index in [1.165, 1.54) is 17.7 Å². The predicted molar refractivity (Wildman–Crippen MR) is 148 cm³/mol. The zero-order valence-corrected chi connectivity index (χ0v) is 22.2. The van der Waals surface area contributed by atoms with Crippen molar-refractivity contribution in [2.75, 3.05) is 24.6 Å². The van der Waals surface area contributed by atoms with Crippen molar-refractivity contribution in [3.63, 3.8) is 0 Å². The van der Waals surface area contributed by atoms with Gasteiger partial charge < -0.3 is 24.0 Å². The summed E-state index contributed by atoms with van der Waals surface area (Å²) in [5.74, 6) is 0.366. The van der Waals surface area contributed by atoms with Crippen LogP contribution in [0.4, 0.5) is 10.2 Å². The number of carbonyl (C=O) groups is 1. The van der Waals surface area contributed by atoms with Gasteiger partial charge >= 0.3 is 5.97 Å². The molecular formula is C30H27FN6O4. The predicted octanol–water partition coefficient (Wildman–Crippen LogP) is 4.59. The van der Waals surface area contributed by atoms with Crippen molar-refractivity contribution in [3.05, 3.63) is 82.6 Å². The van der Waals surface area contributed by atoms with E-state index in [0.29, 0.717) is 29.2 Å². The number of pyridine rings is 2. The SMILES string of the molecule is N#Cc1ccc(COc2cccc(N3CCC(=Cc4nc5ccc(C(=O)O)nc5n4CC4CCO4)CC3)n2)c(F)c1. The first kappa shape index (κ1) is 26.4. The quantitative estimate of drug-likeness (QED) is 0.333. The molecule has 11 heteroatoms. The maximum Gasteiger partial charge on any atom is 0.354 e. The van der Waals surface area contributed by atoms with Crippen molar-refractivity contribution in [1.29, 1.82) is 5.26 Å². The number of anilines is 1. The number of benzene rings is 1. The number of fused-ring (bicyclic) bond motifs is 1. The molecule has 0 aliphatic carbocycles. The van der Waals surface area contributed by atoms with Crippen molar-refractivity contribution < 1.29 is 23.8 Å². The van der Waals surface area contributed by atoms with Gasteiger partial charge in [0.15, 0.2) is 11.3 Å². The lowest BCUT2D eigenvalue weighted by atomic mass is 10.0. The van der Waals surface area contributed by atoms with Crippen molar-refractivity contribution in [2.24, 2.45) is 0 Å². The molecule has 1 atom stereocenters. The number of hydrogen-bond donors (Lipinski definition) is 1. The van der Waals surface area contributed by atoms with Crippen molar-refractivity contribution in [3.8, 4) is 11.9 Å². The molecule has 0 radical (unpaired) electrons. The van der Waals surface area contributed by atoms with Crippen molar-refractivity contribution in [1.82, 2.24) is 19.5 Å². The van der Waals surface area contributed by atoms with Gasteiger partial charge in [-0.1, -0.05) is 17.7 Å². The van der Waals surface area contributed by atoms with Crippen LogP contribution in [-0.2, 0) is 17.9 Å². The molecule has 208 valence electrons. The minimum atomic E-state index is -1.07. The number of piperidine rings is 1. The number of imidazole rings is 1. The van der Waals surface area contributed by atoms with E-state index in [0.717, 1.165) is 50.6 Å². The zero-order valence-electron chi connectivity index (χ0n) is 22.2. The van der Waals surface area contributed by atoms with Crippen LogP contribution in [0.1, 0.15) is 46.7 Å². The lowest BCUT2D eigenvalue weighted by Gasteiger charge is -2.30. The lowest BCUT2D eigenvalue weighted by molar-refractivity contribution is -0.0588. The smallest absolute Gasteiger partial charge is 0.354 e. The highest BCUT2D eigenvalue weighted by Gasteiger charge is 2.23. The fourth-order valence-corrected chi connectivity index (χ4v) is 4.96. The van der Waals surface area contributed by atoms with Crippen LogP contribution in [0.2, 0.25) is 0 Å². The Balaban J connectivity index is 1.14. The number of aromatic nitrogens is 4. The Morgan fingerprint density at radius 1 is 1.17 bits per heavy atom. The van der Waals surface area contributed by atoms with Gasteiger partial charge in [-0.05, 0) is 55.7 Å². The van der Waals surface area contributed by atoms with Crippen LogP contribution in [0, 0.1) is 17.1 Å². The number of hydrogen-bond acceptors (Lipinski definition) is 8. The molecule has 0 amide bonds. The molecular weight excluding hydrogens is 527 g/mol. The largest absolute Gasteiger partial charge is 0.477 e. The minimum absolute atomic E-state index is 0.0105. The van der Waals surface area contributed by atoms with E-state index >= 15 is 0 Å². The number of nitriles is 1. The fraction of sp³-hybridized carbons (Fsp3) is 0.300. The molecule has 4 aromatic rings. The maximum absolute atomic E-state index is 14.2. The van der Waals surface area contributed by atoms with E-state index in [1.54, 1.807) is 24.3 Å².